The maximum Gasteiger partial charge on any atom is 0.257 e. The van der Waals surface area contributed by atoms with Gasteiger partial charge in [0, 0.05) is 25.1 Å². The summed E-state index contributed by atoms with van der Waals surface area (Å²) in [5, 5.41) is 23.7. The van der Waals surface area contributed by atoms with Crippen molar-refractivity contribution in [3.63, 3.8) is 0 Å². The molecule has 0 bridgehead atoms. The molecule has 2 aliphatic rings. The van der Waals surface area contributed by atoms with E-state index in [1.165, 1.54) is 5.56 Å². The van der Waals surface area contributed by atoms with Crippen LogP contribution in [0.5, 0.6) is 0 Å². The summed E-state index contributed by atoms with van der Waals surface area (Å²) in [7, 11) is 0. The standard InChI is InChI=1S/C19H25N3O4/c1-13-2-4-14(5-3-13)18-20-17(21-26-18)11-22-8-6-19(7-9-22)10-15(23)16(24)12-25-19/h2-5,15-16,23-24H,6-12H2,1H3/t15-,16+/m1/s1. The number of aromatic nitrogens is 2. The Morgan fingerprint density at radius 1 is 1.15 bits per heavy atom. The number of likely N-dealkylation sites (tertiary alicyclic amines) is 1. The molecule has 140 valence electrons. The summed E-state index contributed by atoms with van der Waals surface area (Å²) in [5.74, 6) is 1.22. The Balaban J connectivity index is 1.34. The highest BCUT2D eigenvalue weighted by atomic mass is 16.5. The topological polar surface area (TPSA) is 91.9 Å². The van der Waals surface area contributed by atoms with Crippen LogP contribution in [0.15, 0.2) is 28.8 Å². The summed E-state index contributed by atoms with van der Waals surface area (Å²) < 4.78 is 11.3. The molecule has 2 atom stereocenters. The Labute approximate surface area is 152 Å². The molecule has 2 aliphatic heterocycles. The van der Waals surface area contributed by atoms with Crippen LogP contribution < -0.4 is 0 Å². The molecular formula is C19H25N3O4. The van der Waals surface area contributed by atoms with Gasteiger partial charge in [0.15, 0.2) is 5.82 Å². The minimum Gasteiger partial charge on any atom is -0.390 e. The van der Waals surface area contributed by atoms with Crippen molar-refractivity contribution >= 4 is 0 Å². The molecule has 2 fully saturated rings. The number of piperidine rings is 1. The first kappa shape index (κ1) is 17.6. The number of hydrogen-bond acceptors (Lipinski definition) is 7. The molecule has 3 heterocycles. The number of ether oxygens (including phenoxy) is 1. The quantitative estimate of drug-likeness (QED) is 0.858. The van der Waals surface area contributed by atoms with Crippen LogP contribution in [0.2, 0.25) is 0 Å². The van der Waals surface area contributed by atoms with Gasteiger partial charge >= 0.3 is 0 Å². The average molecular weight is 359 g/mol. The number of aliphatic hydroxyl groups is 2. The second kappa shape index (κ2) is 7.08. The van der Waals surface area contributed by atoms with Crippen molar-refractivity contribution in [2.75, 3.05) is 19.7 Å². The largest absolute Gasteiger partial charge is 0.390 e. The van der Waals surface area contributed by atoms with Gasteiger partial charge in [0.25, 0.3) is 5.89 Å². The first-order valence-corrected chi connectivity index (χ1v) is 9.15. The van der Waals surface area contributed by atoms with E-state index < -0.39 is 12.2 Å². The van der Waals surface area contributed by atoms with E-state index in [0.29, 0.717) is 24.7 Å². The van der Waals surface area contributed by atoms with Crippen LogP contribution in [-0.4, -0.2) is 62.8 Å². The van der Waals surface area contributed by atoms with Crippen molar-refractivity contribution < 1.29 is 19.5 Å². The van der Waals surface area contributed by atoms with Crippen LogP contribution in [0, 0.1) is 6.92 Å². The minimum atomic E-state index is -0.766. The lowest BCUT2D eigenvalue weighted by Gasteiger charge is -2.46. The zero-order valence-corrected chi connectivity index (χ0v) is 15.0. The van der Waals surface area contributed by atoms with E-state index in [0.717, 1.165) is 31.5 Å². The fraction of sp³-hybridized carbons (Fsp3) is 0.579. The van der Waals surface area contributed by atoms with Crippen LogP contribution in [-0.2, 0) is 11.3 Å². The molecule has 2 saturated heterocycles. The Hall–Kier alpha value is -1.80. The number of hydrogen-bond donors (Lipinski definition) is 2. The Morgan fingerprint density at radius 2 is 1.88 bits per heavy atom. The first-order valence-electron chi connectivity index (χ1n) is 9.15. The molecule has 7 heteroatoms. The molecule has 0 amide bonds. The van der Waals surface area contributed by atoms with E-state index in [-0.39, 0.29) is 12.2 Å². The third-order valence-corrected chi connectivity index (χ3v) is 5.48. The molecule has 0 saturated carbocycles. The third kappa shape index (κ3) is 3.66. The van der Waals surface area contributed by atoms with Crippen molar-refractivity contribution in [3.8, 4) is 11.5 Å². The van der Waals surface area contributed by atoms with Crippen molar-refractivity contribution in [2.45, 2.75) is 50.5 Å². The van der Waals surface area contributed by atoms with Crippen molar-refractivity contribution in [2.24, 2.45) is 0 Å². The lowest BCUT2D eigenvalue weighted by atomic mass is 9.82. The lowest BCUT2D eigenvalue weighted by Crippen LogP contribution is -2.54. The van der Waals surface area contributed by atoms with Crippen molar-refractivity contribution in [1.29, 1.82) is 0 Å². The Kier molecular flexibility index (Phi) is 4.79. The predicted molar refractivity (Wildman–Crippen MR) is 94.3 cm³/mol. The smallest absolute Gasteiger partial charge is 0.257 e. The van der Waals surface area contributed by atoms with E-state index in [1.807, 2.05) is 31.2 Å². The predicted octanol–water partition coefficient (Wildman–Crippen LogP) is 1.52. The fourth-order valence-corrected chi connectivity index (χ4v) is 3.75. The molecule has 26 heavy (non-hydrogen) atoms. The molecule has 1 spiro atoms. The second-order valence-electron chi connectivity index (χ2n) is 7.49. The fourth-order valence-electron chi connectivity index (χ4n) is 3.75. The number of benzene rings is 1. The number of rotatable bonds is 3. The normalized spacial score (nSPS) is 26.3. The van der Waals surface area contributed by atoms with E-state index in [1.54, 1.807) is 0 Å². The number of aliphatic hydroxyl groups excluding tert-OH is 2. The highest BCUT2D eigenvalue weighted by Crippen LogP contribution is 2.35. The van der Waals surface area contributed by atoms with Crippen LogP contribution in [0.1, 0.15) is 30.7 Å². The summed E-state index contributed by atoms with van der Waals surface area (Å²) in [6, 6.07) is 8.02. The molecular weight excluding hydrogens is 334 g/mol. The molecule has 1 aromatic heterocycles. The molecule has 1 aromatic carbocycles. The van der Waals surface area contributed by atoms with Gasteiger partial charge in [-0.25, -0.2) is 0 Å². The Bertz CT molecular complexity index is 737. The van der Waals surface area contributed by atoms with Gasteiger partial charge in [-0.3, -0.25) is 4.90 Å². The SMILES string of the molecule is Cc1ccc(-c2nc(CN3CCC4(CC3)C[C@@H](O)[C@@H](O)CO4)no2)cc1. The molecule has 2 N–H and O–H groups in total. The second-order valence-corrected chi connectivity index (χ2v) is 7.49. The van der Waals surface area contributed by atoms with E-state index in [9.17, 15) is 10.2 Å². The van der Waals surface area contributed by atoms with Crippen LogP contribution in [0.3, 0.4) is 0 Å². The van der Waals surface area contributed by atoms with Gasteiger partial charge in [0.1, 0.15) is 6.10 Å². The molecule has 0 unspecified atom stereocenters. The third-order valence-electron chi connectivity index (χ3n) is 5.48. The van der Waals surface area contributed by atoms with Gasteiger partial charge in [-0.15, -0.1) is 0 Å². The van der Waals surface area contributed by atoms with Gasteiger partial charge in [-0.05, 0) is 31.9 Å². The van der Waals surface area contributed by atoms with Gasteiger partial charge in [-0.2, -0.15) is 4.98 Å². The molecule has 2 aromatic rings. The molecule has 0 aliphatic carbocycles. The zero-order chi connectivity index (χ0) is 18.1. The van der Waals surface area contributed by atoms with Crippen molar-refractivity contribution in [1.82, 2.24) is 15.0 Å². The van der Waals surface area contributed by atoms with Gasteiger partial charge in [-0.1, -0.05) is 22.9 Å². The maximum atomic E-state index is 9.95. The van der Waals surface area contributed by atoms with E-state index in [4.69, 9.17) is 9.26 Å². The summed E-state index contributed by atoms with van der Waals surface area (Å²) in [4.78, 5) is 6.78. The van der Waals surface area contributed by atoms with Gasteiger partial charge in [0.2, 0.25) is 0 Å². The van der Waals surface area contributed by atoms with Crippen LogP contribution in [0.4, 0.5) is 0 Å². The van der Waals surface area contributed by atoms with E-state index >= 15 is 0 Å². The molecule has 4 rings (SSSR count). The summed E-state index contributed by atoms with van der Waals surface area (Å²) in [5.41, 5.74) is 1.81. The number of nitrogens with zero attached hydrogens (tertiary/aromatic N) is 3. The van der Waals surface area contributed by atoms with Crippen LogP contribution in [0.25, 0.3) is 11.5 Å². The first-order chi connectivity index (χ1) is 12.5. The average Bonchev–Trinajstić information content (AvgIpc) is 3.10. The lowest BCUT2D eigenvalue weighted by molar-refractivity contribution is -0.188. The number of aryl methyl sites for hydroxylation is 1. The summed E-state index contributed by atoms with van der Waals surface area (Å²) in [6.07, 6.45) is 0.712. The molecule has 0 radical (unpaired) electrons. The summed E-state index contributed by atoms with van der Waals surface area (Å²) in [6.45, 7) is 4.58. The zero-order valence-electron chi connectivity index (χ0n) is 15.0. The maximum absolute atomic E-state index is 9.95. The molecule has 7 nitrogen and oxygen atoms in total. The van der Waals surface area contributed by atoms with E-state index in [2.05, 4.69) is 15.0 Å². The highest BCUT2D eigenvalue weighted by Gasteiger charge is 2.43. The minimum absolute atomic E-state index is 0.214. The van der Waals surface area contributed by atoms with Gasteiger partial charge < -0.3 is 19.5 Å². The van der Waals surface area contributed by atoms with Gasteiger partial charge in [0.05, 0.1) is 24.9 Å². The summed E-state index contributed by atoms with van der Waals surface area (Å²) >= 11 is 0. The highest BCUT2D eigenvalue weighted by molar-refractivity contribution is 5.53. The van der Waals surface area contributed by atoms with Crippen molar-refractivity contribution in [3.05, 3.63) is 35.7 Å². The Morgan fingerprint density at radius 3 is 2.58 bits per heavy atom. The van der Waals surface area contributed by atoms with Crippen LogP contribution >= 0.6 is 0 Å². The monoisotopic (exact) mass is 359 g/mol.